The number of ether oxygens (including phenoxy) is 1. The molecule has 2 aromatic rings. The number of allylic oxidation sites excluding steroid dienone is 1. The molecule has 1 heterocycles. The summed E-state index contributed by atoms with van der Waals surface area (Å²) in [5, 5.41) is 0. The van der Waals surface area contributed by atoms with E-state index in [1.165, 1.54) is 18.2 Å². The first-order valence-electron chi connectivity index (χ1n) is 7.21. The van der Waals surface area contributed by atoms with E-state index < -0.39 is 5.97 Å². The molecule has 0 spiro atoms. The maximum atomic E-state index is 13.1. The van der Waals surface area contributed by atoms with Crippen molar-refractivity contribution in [1.82, 2.24) is 4.57 Å². The van der Waals surface area contributed by atoms with Crippen LogP contribution in [0, 0.1) is 19.7 Å². The Morgan fingerprint density at radius 1 is 1.22 bits per heavy atom. The van der Waals surface area contributed by atoms with E-state index in [0.717, 1.165) is 17.1 Å². The Morgan fingerprint density at radius 2 is 1.87 bits per heavy atom. The van der Waals surface area contributed by atoms with Gasteiger partial charge in [0.25, 0.3) is 0 Å². The molecule has 0 aliphatic carbocycles. The van der Waals surface area contributed by atoms with Crippen LogP contribution < -0.4 is 0 Å². The van der Waals surface area contributed by atoms with Crippen LogP contribution in [0.25, 0.3) is 5.69 Å². The first-order chi connectivity index (χ1) is 10.9. The number of esters is 1. The highest BCUT2D eigenvalue weighted by atomic mass is 19.1. The highest BCUT2D eigenvalue weighted by Gasteiger charge is 2.17. The van der Waals surface area contributed by atoms with Gasteiger partial charge in [-0.25, -0.2) is 9.18 Å². The van der Waals surface area contributed by atoms with Crippen molar-refractivity contribution in [2.75, 3.05) is 6.61 Å². The van der Waals surface area contributed by atoms with Crippen molar-refractivity contribution in [2.45, 2.75) is 20.8 Å². The van der Waals surface area contributed by atoms with Gasteiger partial charge >= 0.3 is 5.97 Å². The van der Waals surface area contributed by atoms with E-state index in [2.05, 4.69) is 0 Å². The second kappa shape index (κ2) is 7.05. The van der Waals surface area contributed by atoms with Gasteiger partial charge in [0.1, 0.15) is 5.82 Å². The summed E-state index contributed by atoms with van der Waals surface area (Å²) in [4.78, 5) is 23.5. The minimum atomic E-state index is -0.548. The standard InChI is InChI=1S/C18H18FNO3/c1-4-5-18(22)23-11-17(21)16-10-12(2)20(13(16)3)15-8-6-14(19)7-9-15/h4-10H,11H2,1-3H3/b5-4+. The molecule has 0 unspecified atom stereocenters. The van der Waals surface area contributed by atoms with Crippen molar-refractivity contribution in [3.05, 3.63) is 65.3 Å². The van der Waals surface area contributed by atoms with Crippen LogP contribution in [-0.2, 0) is 9.53 Å². The van der Waals surface area contributed by atoms with E-state index in [0.29, 0.717) is 5.56 Å². The predicted octanol–water partition coefficient (Wildman–Crippen LogP) is 3.54. The molecule has 0 N–H and O–H groups in total. The van der Waals surface area contributed by atoms with Gasteiger partial charge in [-0.15, -0.1) is 0 Å². The maximum absolute atomic E-state index is 13.1. The minimum Gasteiger partial charge on any atom is -0.454 e. The van der Waals surface area contributed by atoms with Gasteiger partial charge in [-0.1, -0.05) is 6.08 Å². The lowest BCUT2D eigenvalue weighted by Crippen LogP contribution is -2.13. The summed E-state index contributed by atoms with van der Waals surface area (Å²) >= 11 is 0. The summed E-state index contributed by atoms with van der Waals surface area (Å²) in [5.74, 6) is -1.14. The quantitative estimate of drug-likeness (QED) is 0.482. The molecule has 0 aliphatic heterocycles. The molecule has 0 bridgehead atoms. The topological polar surface area (TPSA) is 48.3 Å². The monoisotopic (exact) mass is 315 g/mol. The Labute approximate surface area is 134 Å². The van der Waals surface area contributed by atoms with Crippen LogP contribution in [0.15, 0.2) is 42.5 Å². The molecule has 0 fully saturated rings. The van der Waals surface area contributed by atoms with Crippen LogP contribution in [-0.4, -0.2) is 22.9 Å². The van der Waals surface area contributed by atoms with Gasteiger partial charge in [0, 0.05) is 28.7 Å². The molecule has 5 heteroatoms. The summed E-state index contributed by atoms with van der Waals surface area (Å²) in [6, 6.07) is 7.78. The number of nitrogens with zero attached hydrogens (tertiary/aromatic N) is 1. The van der Waals surface area contributed by atoms with Crippen molar-refractivity contribution in [1.29, 1.82) is 0 Å². The number of halogens is 1. The zero-order chi connectivity index (χ0) is 17.0. The average molecular weight is 315 g/mol. The summed E-state index contributed by atoms with van der Waals surface area (Å²) in [5.41, 5.74) is 2.82. The average Bonchev–Trinajstić information content (AvgIpc) is 2.81. The molecule has 0 radical (unpaired) electrons. The van der Waals surface area contributed by atoms with E-state index in [-0.39, 0.29) is 18.2 Å². The van der Waals surface area contributed by atoms with Crippen molar-refractivity contribution in [3.63, 3.8) is 0 Å². The molecule has 4 nitrogen and oxygen atoms in total. The van der Waals surface area contributed by atoms with Gasteiger partial charge in [0.05, 0.1) is 0 Å². The Hall–Kier alpha value is -2.69. The summed E-state index contributed by atoms with van der Waals surface area (Å²) in [7, 11) is 0. The summed E-state index contributed by atoms with van der Waals surface area (Å²) in [6.45, 7) is 5.05. The van der Waals surface area contributed by atoms with E-state index in [4.69, 9.17) is 4.74 Å². The number of rotatable bonds is 5. The van der Waals surface area contributed by atoms with Crippen LogP contribution >= 0.6 is 0 Å². The highest BCUT2D eigenvalue weighted by Crippen LogP contribution is 2.21. The molecule has 0 saturated carbocycles. The Morgan fingerprint density at radius 3 is 2.48 bits per heavy atom. The molecule has 0 amide bonds. The highest BCUT2D eigenvalue weighted by molar-refractivity contribution is 5.99. The number of carbonyl (C=O) groups is 2. The maximum Gasteiger partial charge on any atom is 0.330 e. The van der Waals surface area contributed by atoms with Gasteiger partial charge in [0.2, 0.25) is 5.78 Å². The second-order valence-electron chi connectivity index (χ2n) is 5.13. The zero-order valence-electron chi connectivity index (χ0n) is 13.3. The lowest BCUT2D eigenvalue weighted by Gasteiger charge is -2.09. The summed E-state index contributed by atoms with van der Waals surface area (Å²) in [6.07, 6.45) is 2.81. The molecule has 0 saturated heterocycles. The van der Waals surface area contributed by atoms with Gasteiger partial charge in [-0.05, 0) is 51.1 Å². The normalized spacial score (nSPS) is 11.0. The number of aryl methyl sites for hydroxylation is 1. The molecular formula is C18H18FNO3. The zero-order valence-corrected chi connectivity index (χ0v) is 13.3. The fourth-order valence-corrected chi connectivity index (χ4v) is 2.43. The van der Waals surface area contributed by atoms with Gasteiger partial charge in [-0.2, -0.15) is 0 Å². The number of ketones is 1. The molecule has 0 aliphatic rings. The first-order valence-corrected chi connectivity index (χ1v) is 7.21. The number of hydrogen-bond acceptors (Lipinski definition) is 3. The Bertz CT molecular complexity index is 757. The largest absolute Gasteiger partial charge is 0.454 e. The number of hydrogen-bond donors (Lipinski definition) is 0. The molecule has 23 heavy (non-hydrogen) atoms. The van der Waals surface area contributed by atoms with Crippen molar-refractivity contribution in [3.8, 4) is 5.69 Å². The molecule has 0 atom stereocenters. The Kier molecular flexibility index (Phi) is 5.11. The third-order valence-electron chi connectivity index (χ3n) is 3.46. The fraction of sp³-hybridized carbons (Fsp3) is 0.222. The van der Waals surface area contributed by atoms with Crippen molar-refractivity contribution < 1.29 is 18.7 Å². The lowest BCUT2D eigenvalue weighted by atomic mass is 10.1. The predicted molar refractivity (Wildman–Crippen MR) is 85.3 cm³/mol. The molecular weight excluding hydrogens is 297 g/mol. The first kappa shape index (κ1) is 16.7. The molecule has 2 rings (SSSR count). The van der Waals surface area contributed by atoms with Gasteiger partial charge in [0.15, 0.2) is 6.61 Å². The van der Waals surface area contributed by atoms with Crippen LogP contribution in [0.3, 0.4) is 0 Å². The van der Waals surface area contributed by atoms with Gasteiger partial charge < -0.3 is 9.30 Å². The Balaban J connectivity index is 2.25. The third-order valence-corrected chi connectivity index (χ3v) is 3.46. The van der Waals surface area contributed by atoms with E-state index in [9.17, 15) is 14.0 Å². The number of carbonyl (C=O) groups excluding carboxylic acids is 2. The third kappa shape index (κ3) is 3.74. The molecule has 120 valence electrons. The minimum absolute atomic E-state index is 0.274. The fourth-order valence-electron chi connectivity index (χ4n) is 2.43. The van der Waals surface area contributed by atoms with Crippen molar-refractivity contribution in [2.24, 2.45) is 0 Å². The SMILES string of the molecule is C/C=C/C(=O)OCC(=O)c1cc(C)n(-c2ccc(F)cc2)c1C. The lowest BCUT2D eigenvalue weighted by molar-refractivity contribution is -0.136. The smallest absolute Gasteiger partial charge is 0.330 e. The number of aromatic nitrogens is 1. The van der Waals surface area contributed by atoms with Crippen LogP contribution in [0.5, 0.6) is 0 Å². The van der Waals surface area contributed by atoms with E-state index in [1.54, 1.807) is 38.1 Å². The number of Topliss-reactive ketones (excluding diaryl/α,β-unsaturated/α-hetero) is 1. The van der Waals surface area contributed by atoms with Crippen LogP contribution in [0.2, 0.25) is 0 Å². The second-order valence-corrected chi connectivity index (χ2v) is 5.13. The number of benzene rings is 1. The van der Waals surface area contributed by atoms with E-state index >= 15 is 0 Å². The molecule has 1 aromatic carbocycles. The summed E-state index contributed by atoms with van der Waals surface area (Å²) < 4.78 is 19.8. The van der Waals surface area contributed by atoms with Gasteiger partial charge in [-0.3, -0.25) is 4.79 Å². The van der Waals surface area contributed by atoms with Crippen molar-refractivity contribution >= 4 is 11.8 Å². The molecule has 1 aromatic heterocycles. The van der Waals surface area contributed by atoms with E-state index in [1.807, 2.05) is 11.5 Å². The van der Waals surface area contributed by atoms with Crippen LogP contribution in [0.1, 0.15) is 28.7 Å². The van der Waals surface area contributed by atoms with Crippen LogP contribution in [0.4, 0.5) is 4.39 Å².